The van der Waals surface area contributed by atoms with E-state index in [4.69, 9.17) is 0 Å². The molecule has 0 aromatic rings. The Morgan fingerprint density at radius 3 is 2.21 bits per heavy atom. The number of carboxylic acid groups (broad SMARTS) is 1. The Kier molecular flexibility index (Phi) is 5.32. The van der Waals surface area contributed by atoms with E-state index in [1.54, 1.807) is 0 Å². The van der Waals surface area contributed by atoms with Gasteiger partial charge in [0.25, 0.3) is 0 Å². The molecule has 0 aliphatic heterocycles. The van der Waals surface area contributed by atoms with E-state index < -0.39 is 18.0 Å². The van der Waals surface area contributed by atoms with Crippen molar-refractivity contribution in [3.63, 3.8) is 0 Å². The number of fused-ring (bicyclic) bond motifs is 7. The average Bonchev–Trinajstić information content (AvgIpc) is 3.18. The van der Waals surface area contributed by atoms with Gasteiger partial charge in [0.1, 0.15) is 12.4 Å². The van der Waals surface area contributed by atoms with Crippen molar-refractivity contribution in [1.29, 1.82) is 0 Å². The van der Waals surface area contributed by atoms with Crippen molar-refractivity contribution in [1.82, 2.24) is 0 Å². The Bertz CT molecular complexity index is 923. The molecule has 5 aliphatic rings. The van der Waals surface area contributed by atoms with Gasteiger partial charge in [-0.25, -0.2) is 0 Å². The molecule has 5 rings (SSSR count). The van der Waals surface area contributed by atoms with Crippen LogP contribution >= 0.6 is 0 Å². The zero-order valence-electron chi connectivity index (χ0n) is 21.8. The summed E-state index contributed by atoms with van der Waals surface area (Å²) in [6.07, 6.45) is 8.48. The fourth-order valence-corrected chi connectivity index (χ4v) is 11.2. The van der Waals surface area contributed by atoms with Gasteiger partial charge in [-0.3, -0.25) is 14.4 Å². The van der Waals surface area contributed by atoms with Crippen molar-refractivity contribution >= 4 is 17.5 Å². The lowest BCUT2D eigenvalue weighted by atomic mass is 9.32. The summed E-state index contributed by atoms with van der Waals surface area (Å²) in [5.74, 6) is 0.129. The van der Waals surface area contributed by atoms with Crippen molar-refractivity contribution in [3.05, 3.63) is 0 Å². The maximum Gasteiger partial charge on any atom is 0.309 e. The summed E-state index contributed by atoms with van der Waals surface area (Å²) in [6, 6.07) is 0. The number of aliphatic carboxylic acids is 1. The van der Waals surface area contributed by atoms with Crippen molar-refractivity contribution in [2.45, 2.75) is 98.8 Å². The van der Waals surface area contributed by atoms with Gasteiger partial charge in [0, 0.05) is 17.8 Å². The van der Waals surface area contributed by atoms with Gasteiger partial charge in [0.15, 0.2) is 5.78 Å². The van der Waals surface area contributed by atoms with Crippen molar-refractivity contribution in [2.24, 2.45) is 56.7 Å². The van der Waals surface area contributed by atoms with E-state index in [1.165, 1.54) is 0 Å². The van der Waals surface area contributed by atoms with Crippen LogP contribution in [0.4, 0.5) is 0 Å². The van der Waals surface area contributed by atoms with Gasteiger partial charge in [-0.2, -0.15) is 0 Å². The molecule has 0 amide bonds. The summed E-state index contributed by atoms with van der Waals surface area (Å²) in [5.41, 5.74) is -0.935. The number of carboxylic acids is 1. The van der Waals surface area contributed by atoms with E-state index in [0.717, 1.165) is 38.5 Å². The molecule has 0 heterocycles. The third-order valence-corrected chi connectivity index (χ3v) is 13.2. The van der Waals surface area contributed by atoms with E-state index in [9.17, 15) is 24.6 Å². The number of hydrogen-bond donors (Lipinski definition) is 2. The lowest BCUT2D eigenvalue weighted by Gasteiger charge is -2.72. The summed E-state index contributed by atoms with van der Waals surface area (Å²) in [4.78, 5) is 38.4. The maximum atomic E-state index is 12.9. The predicted molar refractivity (Wildman–Crippen MR) is 129 cm³/mol. The SMILES string of the molecule is CC1(C)C(=O)CCC2(C)C1CCC1(C)C2CCC2C3C(C(=O)CO)CCC3(C(=O)O)CCC21C. The standard InChI is InChI=1S/C29H44O5/c1-25(2)20-9-12-28(5)21(26(20,3)11-10-22(25)32)7-6-18-23-17(19(31)16-30)8-13-29(23,24(33)34)15-14-27(18,28)4/h17-18,20-21,23,30H,6-16H2,1-5H3,(H,33,34). The van der Waals surface area contributed by atoms with Gasteiger partial charge in [-0.15, -0.1) is 0 Å². The molecule has 9 unspecified atom stereocenters. The molecule has 0 aromatic carbocycles. The topological polar surface area (TPSA) is 91.7 Å². The highest BCUT2D eigenvalue weighted by Crippen LogP contribution is 2.77. The predicted octanol–water partition coefficient (Wildman–Crippen LogP) is 5.28. The first-order chi connectivity index (χ1) is 15.8. The van der Waals surface area contributed by atoms with Crippen LogP contribution in [-0.4, -0.2) is 34.4 Å². The highest BCUT2D eigenvalue weighted by atomic mass is 16.4. The highest BCUT2D eigenvalue weighted by Gasteiger charge is 2.72. The minimum atomic E-state index is -0.816. The Morgan fingerprint density at radius 1 is 0.853 bits per heavy atom. The summed E-state index contributed by atoms with van der Waals surface area (Å²) in [7, 11) is 0. The lowest BCUT2D eigenvalue weighted by molar-refractivity contribution is -0.235. The average molecular weight is 473 g/mol. The molecule has 0 spiro atoms. The van der Waals surface area contributed by atoms with Crippen LogP contribution in [0.3, 0.4) is 0 Å². The number of hydrogen-bond acceptors (Lipinski definition) is 4. The molecule has 34 heavy (non-hydrogen) atoms. The zero-order chi connectivity index (χ0) is 24.9. The van der Waals surface area contributed by atoms with Crippen LogP contribution in [0.1, 0.15) is 98.8 Å². The monoisotopic (exact) mass is 472 g/mol. The minimum Gasteiger partial charge on any atom is -0.481 e. The molecule has 5 nitrogen and oxygen atoms in total. The normalized spacial score (nSPS) is 51.6. The van der Waals surface area contributed by atoms with Crippen LogP contribution in [0, 0.1) is 56.7 Å². The Hall–Kier alpha value is -1.23. The van der Waals surface area contributed by atoms with E-state index in [2.05, 4.69) is 34.6 Å². The molecule has 0 saturated heterocycles. The molecule has 5 heteroatoms. The Labute approximate surface area is 204 Å². The molecule has 9 atom stereocenters. The van der Waals surface area contributed by atoms with Crippen molar-refractivity contribution in [3.8, 4) is 0 Å². The molecular formula is C29H44O5. The zero-order valence-corrected chi connectivity index (χ0v) is 21.8. The van der Waals surface area contributed by atoms with Crippen LogP contribution in [0.5, 0.6) is 0 Å². The molecule has 5 aliphatic carbocycles. The number of carbonyl (C=O) groups is 3. The summed E-state index contributed by atoms with van der Waals surface area (Å²) < 4.78 is 0. The van der Waals surface area contributed by atoms with E-state index in [-0.39, 0.29) is 45.2 Å². The first kappa shape index (κ1) is 24.5. The highest BCUT2D eigenvalue weighted by molar-refractivity contribution is 5.86. The van der Waals surface area contributed by atoms with Gasteiger partial charge in [-0.05, 0) is 97.7 Å². The first-order valence-corrected chi connectivity index (χ1v) is 13.7. The molecule has 0 radical (unpaired) electrons. The van der Waals surface area contributed by atoms with Gasteiger partial charge in [-0.1, -0.05) is 34.6 Å². The quantitative estimate of drug-likeness (QED) is 0.583. The van der Waals surface area contributed by atoms with Crippen LogP contribution in [0.15, 0.2) is 0 Å². The number of carbonyl (C=O) groups excluding carboxylic acids is 2. The number of Topliss-reactive ketones (excluding diaryl/α,β-unsaturated/α-hetero) is 2. The number of aliphatic hydroxyl groups is 1. The lowest BCUT2D eigenvalue weighted by Crippen LogP contribution is -2.66. The van der Waals surface area contributed by atoms with Gasteiger partial charge >= 0.3 is 5.97 Å². The van der Waals surface area contributed by atoms with Crippen LogP contribution in [0.2, 0.25) is 0 Å². The van der Waals surface area contributed by atoms with Crippen LogP contribution in [-0.2, 0) is 14.4 Å². The molecule has 190 valence electrons. The maximum absolute atomic E-state index is 12.9. The second kappa shape index (κ2) is 7.40. The van der Waals surface area contributed by atoms with E-state index in [0.29, 0.717) is 43.3 Å². The molecule has 0 bridgehead atoms. The number of aliphatic hydroxyl groups excluding tert-OH is 1. The largest absolute Gasteiger partial charge is 0.481 e. The van der Waals surface area contributed by atoms with Crippen molar-refractivity contribution < 1.29 is 24.6 Å². The van der Waals surface area contributed by atoms with Gasteiger partial charge in [0.05, 0.1) is 5.41 Å². The molecule has 2 N–H and O–H groups in total. The van der Waals surface area contributed by atoms with E-state index >= 15 is 0 Å². The molecular weight excluding hydrogens is 428 g/mol. The smallest absolute Gasteiger partial charge is 0.309 e. The van der Waals surface area contributed by atoms with Crippen molar-refractivity contribution in [2.75, 3.05) is 6.61 Å². The Morgan fingerprint density at radius 2 is 1.56 bits per heavy atom. The Balaban J connectivity index is 1.57. The molecule has 5 saturated carbocycles. The molecule has 0 aromatic heterocycles. The second-order valence-corrected chi connectivity index (χ2v) is 14.1. The summed E-state index contributed by atoms with van der Waals surface area (Å²) >= 11 is 0. The van der Waals surface area contributed by atoms with Gasteiger partial charge in [0.2, 0.25) is 0 Å². The second-order valence-electron chi connectivity index (χ2n) is 14.1. The summed E-state index contributed by atoms with van der Waals surface area (Å²) in [6.45, 7) is 11.2. The number of ketones is 2. The molecule has 5 fully saturated rings. The van der Waals surface area contributed by atoms with Crippen LogP contribution < -0.4 is 0 Å². The third kappa shape index (κ3) is 2.74. The van der Waals surface area contributed by atoms with E-state index in [1.807, 2.05) is 0 Å². The number of rotatable bonds is 3. The first-order valence-electron chi connectivity index (χ1n) is 13.7. The fourth-order valence-electron chi connectivity index (χ4n) is 11.2. The fraction of sp³-hybridized carbons (Fsp3) is 0.897. The third-order valence-electron chi connectivity index (χ3n) is 13.2. The summed E-state index contributed by atoms with van der Waals surface area (Å²) in [5, 5.41) is 20.1. The van der Waals surface area contributed by atoms with Crippen LogP contribution in [0.25, 0.3) is 0 Å². The minimum absolute atomic E-state index is 0.0303. The van der Waals surface area contributed by atoms with Gasteiger partial charge < -0.3 is 10.2 Å².